The van der Waals surface area contributed by atoms with Gasteiger partial charge in [-0.1, -0.05) is 13.8 Å². The van der Waals surface area contributed by atoms with Crippen LogP contribution in [-0.4, -0.2) is 48.0 Å². The van der Waals surface area contributed by atoms with Gasteiger partial charge < -0.3 is 16.2 Å². The normalized spacial score (nSPS) is 36.6. The van der Waals surface area contributed by atoms with Crippen molar-refractivity contribution in [2.24, 2.45) is 17.6 Å². The number of carbonyl (C=O) groups excluding carboxylic acids is 1. The highest BCUT2D eigenvalue weighted by molar-refractivity contribution is 7.93. The fraction of sp³-hybridized carbons (Fsp3) is 0.727. The lowest BCUT2D eigenvalue weighted by Crippen LogP contribution is -2.61. The smallest absolute Gasteiger partial charge is 0.330 e. The molecule has 1 radical (unpaired) electrons. The summed E-state index contributed by atoms with van der Waals surface area (Å²) < 4.78 is 23.5. The van der Waals surface area contributed by atoms with Crippen molar-refractivity contribution >= 4 is 21.7 Å². The second-order valence-electron chi connectivity index (χ2n) is 5.53. The minimum Gasteiger partial charge on any atom is -0.479 e. The third-order valence-corrected chi connectivity index (χ3v) is 5.91. The van der Waals surface area contributed by atoms with E-state index in [1.807, 2.05) is 0 Å². The highest BCUT2D eigenvalue weighted by Crippen LogP contribution is 2.51. The molecule has 7 nitrogen and oxygen atoms in total. The van der Waals surface area contributed by atoms with Gasteiger partial charge in [0.1, 0.15) is 0 Å². The van der Waals surface area contributed by atoms with Gasteiger partial charge in [-0.3, -0.25) is 4.79 Å². The number of carboxylic acid groups (broad SMARTS) is 1. The zero-order chi connectivity index (χ0) is 14.6. The number of rotatable bonds is 4. The van der Waals surface area contributed by atoms with Gasteiger partial charge in [-0.05, 0) is 12.3 Å². The maximum absolute atomic E-state index is 11.9. The zero-order valence-electron chi connectivity index (χ0n) is 10.7. The SMILES string of the molecule is CC(C)[C@H](N)C(=O)N[C@@]1(C(=O)O)CS(=O)(=O)[C@H]2[CH][C@H]21. The van der Waals surface area contributed by atoms with Crippen molar-refractivity contribution in [3.05, 3.63) is 6.42 Å². The molecule has 107 valence electrons. The molecule has 1 amide bonds. The largest absolute Gasteiger partial charge is 0.479 e. The molecule has 2 fully saturated rings. The van der Waals surface area contributed by atoms with Crippen molar-refractivity contribution in [3.63, 3.8) is 0 Å². The van der Waals surface area contributed by atoms with Crippen LogP contribution in [0, 0.1) is 18.3 Å². The Hall–Kier alpha value is -1.15. The average molecular weight is 289 g/mol. The van der Waals surface area contributed by atoms with Crippen LogP contribution in [0.2, 0.25) is 0 Å². The summed E-state index contributed by atoms with van der Waals surface area (Å²) in [5.41, 5.74) is 3.90. The average Bonchev–Trinajstić information content (AvgIpc) is 3.02. The molecule has 1 saturated carbocycles. The molecule has 2 rings (SSSR count). The van der Waals surface area contributed by atoms with Crippen LogP contribution in [0.25, 0.3) is 0 Å². The van der Waals surface area contributed by atoms with E-state index in [-0.39, 0.29) is 5.92 Å². The molecule has 1 aliphatic carbocycles. The van der Waals surface area contributed by atoms with E-state index >= 15 is 0 Å². The van der Waals surface area contributed by atoms with Crippen LogP contribution in [0.1, 0.15) is 13.8 Å². The van der Waals surface area contributed by atoms with Crippen LogP contribution in [-0.2, 0) is 19.4 Å². The molecule has 8 heteroatoms. The molecule has 4 atom stereocenters. The highest BCUT2D eigenvalue weighted by Gasteiger charge is 2.71. The van der Waals surface area contributed by atoms with Gasteiger partial charge in [-0.2, -0.15) is 0 Å². The molecule has 0 aromatic carbocycles. The minimum atomic E-state index is -3.49. The lowest BCUT2D eigenvalue weighted by atomic mass is 9.94. The van der Waals surface area contributed by atoms with E-state index in [2.05, 4.69) is 5.32 Å². The Morgan fingerprint density at radius 2 is 2.05 bits per heavy atom. The molecule has 0 unspecified atom stereocenters. The van der Waals surface area contributed by atoms with Crippen LogP contribution < -0.4 is 11.1 Å². The standard InChI is InChI=1S/C11H17N2O5S/c1-5(2)8(12)9(14)13-11(10(15)16)4-19(17,18)7-3-6(7)11/h3,5-8H,4,12H2,1-2H3,(H,13,14)(H,15,16)/t6-,7+,8+,11+/m1/s1. The zero-order valence-corrected chi connectivity index (χ0v) is 11.5. The molecule has 0 aromatic rings. The Bertz CT molecular complexity index is 529. The first-order chi connectivity index (χ1) is 8.62. The van der Waals surface area contributed by atoms with Crippen molar-refractivity contribution in [3.8, 4) is 0 Å². The first-order valence-electron chi connectivity index (χ1n) is 5.99. The number of amides is 1. The maximum atomic E-state index is 11.9. The maximum Gasteiger partial charge on any atom is 0.330 e. The van der Waals surface area contributed by atoms with Crippen LogP contribution in [0.3, 0.4) is 0 Å². The van der Waals surface area contributed by atoms with Gasteiger partial charge in [0, 0.05) is 5.92 Å². The lowest BCUT2D eigenvalue weighted by molar-refractivity contribution is -0.147. The first-order valence-corrected chi connectivity index (χ1v) is 7.71. The molecule has 4 N–H and O–H groups in total. The fourth-order valence-corrected chi connectivity index (χ4v) is 4.72. The summed E-state index contributed by atoms with van der Waals surface area (Å²) in [6.45, 7) is 3.46. The van der Waals surface area contributed by atoms with Crippen LogP contribution in [0.4, 0.5) is 0 Å². The number of nitrogens with one attached hydrogen (secondary N) is 1. The number of nitrogens with two attached hydrogens (primary N) is 1. The van der Waals surface area contributed by atoms with Crippen molar-refractivity contribution < 1.29 is 23.1 Å². The number of hydrogen-bond donors (Lipinski definition) is 3. The summed E-state index contributed by atoms with van der Waals surface area (Å²) >= 11 is 0. The molecule has 1 saturated heterocycles. The van der Waals surface area contributed by atoms with E-state index in [4.69, 9.17) is 5.73 Å². The summed E-state index contributed by atoms with van der Waals surface area (Å²) in [6.07, 6.45) is 1.44. The van der Waals surface area contributed by atoms with E-state index in [9.17, 15) is 23.1 Å². The third-order valence-electron chi connectivity index (χ3n) is 3.77. The van der Waals surface area contributed by atoms with Crippen molar-refractivity contribution in [2.75, 3.05) is 5.75 Å². The van der Waals surface area contributed by atoms with Gasteiger partial charge in [0.15, 0.2) is 15.4 Å². The minimum absolute atomic E-state index is 0.164. The number of carbonyl (C=O) groups is 2. The summed E-state index contributed by atoms with van der Waals surface area (Å²) in [5.74, 6) is -3.35. The number of fused-ring (bicyclic) bond motifs is 1. The van der Waals surface area contributed by atoms with Gasteiger partial charge in [0.05, 0.1) is 17.0 Å². The molecular formula is C11H17N2O5S. The van der Waals surface area contributed by atoms with E-state index in [0.29, 0.717) is 0 Å². The van der Waals surface area contributed by atoms with E-state index in [0.717, 1.165) is 0 Å². The summed E-state index contributed by atoms with van der Waals surface area (Å²) in [6, 6.07) is -0.864. The number of hydrogen-bond acceptors (Lipinski definition) is 5. The van der Waals surface area contributed by atoms with E-state index in [1.165, 1.54) is 6.42 Å². The molecular weight excluding hydrogens is 272 g/mol. The quantitative estimate of drug-likeness (QED) is 0.580. The van der Waals surface area contributed by atoms with Gasteiger partial charge in [0.2, 0.25) is 5.91 Å². The first kappa shape index (κ1) is 14.3. The van der Waals surface area contributed by atoms with Gasteiger partial charge >= 0.3 is 5.97 Å². The highest BCUT2D eigenvalue weighted by atomic mass is 32.2. The van der Waals surface area contributed by atoms with Crippen molar-refractivity contribution in [1.29, 1.82) is 0 Å². The van der Waals surface area contributed by atoms with E-state index < -0.39 is 50.2 Å². The third kappa shape index (κ3) is 2.12. The summed E-state index contributed by atoms with van der Waals surface area (Å²) in [7, 11) is -3.49. The molecule has 0 bridgehead atoms. The molecule has 19 heavy (non-hydrogen) atoms. The molecule has 1 aliphatic heterocycles. The summed E-state index contributed by atoms with van der Waals surface area (Å²) in [5, 5.41) is 10.9. The number of aliphatic carboxylic acids is 1. The number of sulfone groups is 1. The second-order valence-corrected chi connectivity index (χ2v) is 7.68. The van der Waals surface area contributed by atoms with Crippen LogP contribution in [0.5, 0.6) is 0 Å². The van der Waals surface area contributed by atoms with Gasteiger partial charge in [-0.25, -0.2) is 13.2 Å². The lowest BCUT2D eigenvalue weighted by Gasteiger charge is -2.28. The summed E-state index contributed by atoms with van der Waals surface area (Å²) in [4.78, 5) is 23.4. The predicted octanol–water partition coefficient (Wildman–Crippen LogP) is -1.46. The van der Waals surface area contributed by atoms with Crippen LogP contribution >= 0.6 is 0 Å². The molecule has 2 aliphatic rings. The monoisotopic (exact) mass is 289 g/mol. The fourth-order valence-electron chi connectivity index (χ4n) is 2.42. The van der Waals surface area contributed by atoms with Gasteiger partial charge in [0.25, 0.3) is 0 Å². The van der Waals surface area contributed by atoms with Crippen LogP contribution in [0.15, 0.2) is 0 Å². The predicted molar refractivity (Wildman–Crippen MR) is 66.7 cm³/mol. The Balaban J connectivity index is 2.25. The Morgan fingerprint density at radius 1 is 1.47 bits per heavy atom. The van der Waals surface area contributed by atoms with Crippen molar-refractivity contribution in [2.45, 2.75) is 30.7 Å². The van der Waals surface area contributed by atoms with Gasteiger partial charge in [-0.15, -0.1) is 0 Å². The topological polar surface area (TPSA) is 127 Å². The Kier molecular flexibility index (Phi) is 3.13. The molecule has 0 spiro atoms. The second kappa shape index (κ2) is 4.17. The number of carboxylic acids is 1. The Labute approximate surface area is 111 Å². The molecule has 1 heterocycles. The molecule has 0 aromatic heterocycles. The van der Waals surface area contributed by atoms with E-state index in [1.54, 1.807) is 13.8 Å². The van der Waals surface area contributed by atoms with Crippen molar-refractivity contribution in [1.82, 2.24) is 5.32 Å². The Morgan fingerprint density at radius 3 is 2.37 bits per heavy atom.